The van der Waals surface area contributed by atoms with Crippen molar-refractivity contribution in [3.8, 4) is 28.7 Å². The lowest BCUT2D eigenvalue weighted by Crippen LogP contribution is -2.41. The Hall–Kier alpha value is -6.77. The van der Waals surface area contributed by atoms with Crippen LogP contribution in [0, 0.1) is 23.2 Å². The third kappa shape index (κ3) is 4.76. The highest BCUT2D eigenvalue weighted by Crippen LogP contribution is 2.62. The zero-order valence-corrected chi connectivity index (χ0v) is 29.1. The number of aliphatic imine (C=N–C) groups is 2. The van der Waals surface area contributed by atoms with Crippen LogP contribution < -0.4 is 10.1 Å². The van der Waals surface area contributed by atoms with Crippen LogP contribution in [0.15, 0.2) is 174 Å². The molecule has 0 saturated heterocycles. The lowest BCUT2D eigenvalue weighted by Gasteiger charge is -2.39. The maximum atomic E-state index is 9.38. The van der Waals surface area contributed by atoms with Gasteiger partial charge in [0.25, 0.3) is 0 Å². The Kier molecular flexibility index (Phi) is 7.13. The van der Waals surface area contributed by atoms with Crippen molar-refractivity contribution in [2.45, 2.75) is 18.5 Å². The van der Waals surface area contributed by atoms with Crippen molar-refractivity contribution in [1.82, 2.24) is 5.32 Å². The third-order valence-electron chi connectivity index (χ3n) is 11.3. The lowest BCUT2D eigenvalue weighted by molar-refractivity contribution is 0.431. The van der Waals surface area contributed by atoms with E-state index in [1.165, 1.54) is 27.8 Å². The first kappa shape index (κ1) is 31.0. The summed E-state index contributed by atoms with van der Waals surface area (Å²) in [5, 5.41) is 13.0. The highest BCUT2D eigenvalue weighted by Gasteiger charge is 2.51. The van der Waals surface area contributed by atoms with Gasteiger partial charge in [-0.15, -0.1) is 0 Å². The fourth-order valence-electron chi connectivity index (χ4n) is 8.80. The molecular formula is C48H34N4O. The number of nitrogens with zero attached hydrogens (tertiary/aromatic N) is 3. The number of amidine groups is 2. The zero-order chi connectivity index (χ0) is 35.5. The van der Waals surface area contributed by atoms with Gasteiger partial charge in [0.15, 0.2) is 6.17 Å². The van der Waals surface area contributed by atoms with Crippen molar-refractivity contribution < 1.29 is 4.74 Å². The van der Waals surface area contributed by atoms with E-state index in [9.17, 15) is 5.26 Å². The van der Waals surface area contributed by atoms with E-state index in [1.54, 1.807) is 0 Å². The third-order valence-corrected chi connectivity index (χ3v) is 11.3. The van der Waals surface area contributed by atoms with Gasteiger partial charge in [0.05, 0.1) is 17.0 Å². The van der Waals surface area contributed by atoms with E-state index < -0.39 is 5.41 Å². The van der Waals surface area contributed by atoms with Crippen molar-refractivity contribution in [2.24, 2.45) is 21.8 Å². The van der Waals surface area contributed by atoms with E-state index in [-0.39, 0.29) is 18.0 Å². The van der Waals surface area contributed by atoms with Crippen LogP contribution >= 0.6 is 0 Å². The molecule has 1 spiro atoms. The smallest absolute Gasteiger partial charge is 0.151 e. The molecule has 6 aromatic rings. The Bertz CT molecular complexity index is 2560. The zero-order valence-electron chi connectivity index (χ0n) is 29.1. The number of para-hydroxylation sites is 1. The summed E-state index contributed by atoms with van der Waals surface area (Å²) >= 11 is 0. The van der Waals surface area contributed by atoms with Crippen LogP contribution in [0.25, 0.3) is 16.7 Å². The SMILES string of the molecule is CC1C(c2ccc(C#N)cc2)=CC=CC1C1N=C(c2ccccc2)NC(c2ccc3c(c2)C2(c4ccccc4O3)c3ccccc3-c3ccccc32)=N1. The number of hydrogen-bond acceptors (Lipinski definition) is 5. The van der Waals surface area contributed by atoms with Gasteiger partial charge in [-0.1, -0.05) is 134 Å². The monoisotopic (exact) mass is 682 g/mol. The first-order valence-electron chi connectivity index (χ1n) is 18.1. The number of hydrogen-bond donors (Lipinski definition) is 1. The minimum Gasteiger partial charge on any atom is -0.457 e. The first-order chi connectivity index (χ1) is 26.1. The van der Waals surface area contributed by atoms with Gasteiger partial charge in [-0.25, -0.2) is 9.98 Å². The Morgan fingerprint density at radius 2 is 1.23 bits per heavy atom. The molecule has 0 radical (unpaired) electrons. The molecule has 252 valence electrons. The standard InChI is InChI=1S/C48H34N4O/c1-30-35(32-24-22-31(29-49)23-25-32)16-11-17-36(30)47-51-45(33-12-3-2-4-13-33)50-46(52-47)34-26-27-44-42(28-34)48(41-20-9-10-21-43(41)53-44)39-18-7-5-14-37(39)38-15-6-8-19-40(38)48/h2-28,30,36,47H,1H3,(H,50,51,52). The Morgan fingerprint density at radius 1 is 0.623 bits per heavy atom. The molecule has 1 N–H and O–H groups in total. The van der Waals surface area contributed by atoms with E-state index >= 15 is 0 Å². The number of ether oxygens (including phenoxy) is 1. The van der Waals surface area contributed by atoms with Crippen LogP contribution in [0.4, 0.5) is 0 Å². The molecule has 0 bridgehead atoms. The molecule has 10 rings (SSSR count). The van der Waals surface area contributed by atoms with Gasteiger partial charge in [-0.3, -0.25) is 0 Å². The second-order valence-electron chi connectivity index (χ2n) is 14.1. The van der Waals surface area contributed by atoms with Gasteiger partial charge < -0.3 is 10.1 Å². The van der Waals surface area contributed by atoms with E-state index in [1.807, 2.05) is 48.5 Å². The molecule has 2 aliphatic heterocycles. The summed E-state index contributed by atoms with van der Waals surface area (Å²) in [6.45, 7) is 2.25. The molecule has 0 saturated carbocycles. The average molecular weight is 683 g/mol. The second-order valence-corrected chi connectivity index (χ2v) is 14.1. The molecule has 3 atom stereocenters. The summed E-state index contributed by atoms with van der Waals surface area (Å²) in [5.74, 6) is 3.41. The highest BCUT2D eigenvalue weighted by atomic mass is 16.5. The van der Waals surface area contributed by atoms with Gasteiger partial charge in [-0.05, 0) is 75.7 Å². The van der Waals surface area contributed by atoms with Gasteiger partial charge in [0.1, 0.15) is 23.2 Å². The van der Waals surface area contributed by atoms with Crippen molar-refractivity contribution in [2.75, 3.05) is 0 Å². The Morgan fingerprint density at radius 3 is 1.94 bits per heavy atom. The number of rotatable bonds is 4. The van der Waals surface area contributed by atoms with Crippen LogP contribution in [0.5, 0.6) is 11.5 Å². The van der Waals surface area contributed by atoms with Crippen LogP contribution in [-0.4, -0.2) is 17.8 Å². The van der Waals surface area contributed by atoms with E-state index in [0.717, 1.165) is 51.0 Å². The first-order valence-corrected chi connectivity index (χ1v) is 18.1. The number of allylic oxidation sites excluding steroid dienone is 3. The summed E-state index contributed by atoms with van der Waals surface area (Å²) in [7, 11) is 0. The van der Waals surface area contributed by atoms with E-state index in [0.29, 0.717) is 5.56 Å². The van der Waals surface area contributed by atoms with Crippen molar-refractivity contribution >= 4 is 17.2 Å². The molecule has 0 amide bonds. The molecule has 53 heavy (non-hydrogen) atoms. The summed E-state index contributed by atoms with van der Waals surface area (Å²) in [4.78, 5) is 10.7. The van der Waals surface area contributed by atoms with Crippen molar-refractivity contribution in [3.05, 3.63) is 208 Å². The highest BCUT2D eigenvalue weighted by molar-refractivity contribution is 6.16. The molecule has 2 aliphatic carbocycles. The summed E-state index contributed by atoms with van der Waals surface area (Å²) < 4.78 is 6.71. The number of nitrogens with one attached hydrogen (secondary N) is 1. The summed E-state index contributed by atoms with van der Waals surface area (Å²) in [5.41, 5.74) is 11.6. The Labute approximate surface area is 309 Å². The van der Waals surface area contributed by atoms with Gasteiger partial charge in [0, 0.05) is 28.2 Å². The molecule has 4 aliphatic rings. The Balaban J connectivity index is 1.12. The molecular weight excluding hydrogens is 649 g/mol. The maximum absolute atomic E-state index is 9.38. The fraction of sp³-hybridized carbons (Fsp3) is 0.104. The van der Waals surface area contributed by atoms with Crippen LogP contribution in [0.1, 0.15) is 51.4 Å². The topological polar surface area (TPSA) is 69.8 Å². The predicted molar refractivity (Wildman–Crippen MR) is 211 cm³/mol. The molecule has 0 fully saturated rings. The van der Waals surface area contributed by atoms with Gasteiger partial charge in [0.2, 0.25) is 0 Å². The normalized spacial score (nSPS) is 19.9. The van der Waals surface area contributed by atoms with Crippen molar-refractivity contribution in [3.63, 3.8) is 0 Å². The minimum absolute atomic E-state index is 0.00854. The van der Waals surface area contributed by atoms with Crippen LogP contribution in [0.2, 0.25) is 0 Å². The quantitative estimate of drug-likeness (QED) is 0.201. The minimum atomic E-state index is -0.570. The van der Waals surface area contributed by atoms with E-state index in [4.69, 9.17) is 14.7 Å². The average Bonchev–Trinajstić information content (AvgIpc) is 3.52. The largest absolute Gasteiger partial charge is 0.457 e. The number of benzene rings is 6. The van der Waals surface area contributed by atoms with Crippen molar-refractivity contribution in [1.29, 1.82) is 5.26 Å². The molecule has 5 heteroatoms. The predicted octanol–water partition coefficient (Wildman–Crippen LogP) is 10.1. The summed E-state index contributed by atoms with van der Waals surface area (Å²) in [6.07, 6.45) is 6.16. The molecule has 3 unspecified atom stereocenters. The number of nitriles is 1. The van der Waals surface area contributed by atoms with E-state index in [2.05, 4.69) is 134 Å². The maximum Gasteiger partial charge on any atom is 0.151 e. The van der Waals surface area contributed by atoms with Crippen LogP contribution in [-0.2, 0) is 5.41 Å². The molecule has 5 nitrogen and oxygen atoms in total. The van der Waals surface area contributed by atoms with Crippen LogP contribution in [0.3, 0.4) is 0 Å². The summed E-state index contributed by atoms with van der Waals surface area (Å²) in [6, 6.07) is 52.9. The molecule has 2 heterocycles. The van der Waals surface area contributed by atoms with Gasteiger partial charge >= 0.3 is 0 Å². The molecule has 6 aromatic carbocycles. The lowest BCUT2D eigenvalue weighted by atomic mass is 9.66. The second kappa shape index (κ2) is 12.2. The number of fused-ring (bicyclic) bond motifs is 9. The fourth-order valence-corrected chi connectivity index (χ4v) is 8.80. The molecule has 0 aromatic heterocycles. The van der Waals surface area contributed by atoms with Gasteiger partial charge in [-0.2, -0.15) is 5.26 Å².